The number of rotatable bonds is 4. The largest absolute Gasteiger partial charge is 0.381 e. The first kappa shape index (κ1) is 25.9. The van der Waals surface area contributed by atoms with Crippen LogP contribution in [0.25, 0.3) is 22.2 Å². The van der Waals surface area contributed by atoms with Crippen LogP contribution in [0.3, 0.4) is 0 Å². The minimum atomic E-state index is -0.685. The van der Waals surface area contributed by atoms with Crippen LogP contribution in [-0.4, -0.2) is 35.0 Å². The molecule has 0 aliphatic carbocycles. The number of para-hydroxylation sites is 1. The number of carbonyl (C=O) groups is 1. The molecule has 1 atom stereocenters. The molecule has 6 aromatic rings. The van der Waals surface area contributed by atoms with E-state index >= 15 is 0 Å². The third-order valence-corrected chi connectivity index (χ3v) is 7.52. The van der Waals surface area contributed by atoms with Crippen LogP contribution in [0, 0.1) is 25.7 Å². The average molecular weight is 561 g/mol. The zero-order chi connectivity index (χ0) is 28.7. The van der Waals surface area contributed by atoms with E-state index in [0.717, 1.165) is 15.6 Å². The number of fused-ring (bicyclic) bond motifs is 2. The first-order valence-corrected chi connectivity index (χ1v) is 13.6. The van der Waals surface area contributed by atoms with Crippen LogP contribution in [0.5, 0.6) is 0 Å². The molecular formula is C30H24N8O2S. The van der Waals surface area contributed by atoms with E-state index < -0.39 is 11.9 Å². The van der Waals surface area contributed by atoms with Gasteiger partial charge in [0.1, 0.15) is 16.3 Å². The van der Waals surface area contributed by atoms with Gasteiger partial charge in [-0.15, -0.1) is 16.4 Å². The van der Waals surface area contributed by atoms with E-state index in [1.165, 1.54) is 20.4 Å². The summed E-state index contributed by atoms with van der Waals surface area (Å²) < 4.78 is 2.96. The topological polar surface area (TPSA) is 133 Å². The van der Waals surface area contributed by atoms with Gasteiger partial charge in [0.2, 0.25) is 0 Å². The number of benzene rings is 2. The van der Waals surface area contributed by atoms with Crippen LogP contribution < -0.4 is 16.6 Å². The van der Waals surface area contributed by atoms with E-state index in [2.05, 4.69) is 32.2 Å². The zero-order valence-corrected chi connectivity index (χ0v) is 23.2. The Labute approximate surface area is 238 Å². The number of nitrogen functional groups attached to an aromatic ring is 1. The van der Waals surface area contributed by atoms with Crippen molar-refractivity contribution in [1.82, 2.24) is 34.4 Å². The van der Waals surface area contributed by atoms with Crippen molar-refractivity contribution in [3.8, 4) is 17.5 Å². The number of anilines is 1. The average Bonchev–Trinajstić information content (AvgIpc) is 3.48. The number of aryl methyl sites for hydroxylation is 2. The molecule has 202 valence electrons. The second-order valence-electron chi connectivity index (χ2n) is 9.39. The summed E-state index contributed by atoms with van der Waals surface area (Å²) in [4.78, 5) is 42.0. The van der Waals surface area contributed by atoms with E-state index in [9.17, 15) is 9.59 Å². The molecule has 0 aliphatic rings. The summed E-state index contributed by atoms with van der Waals surface area (Å²) in [6, 6.07) is 15.6. The molecule has 1 amide bonds. The Bertz CT molecular complexity index is 2080. The maximum Gasteiger partial charge on any atom is 0.267 e. The highest BCUT2D eigenvalue weighted by Crippen LogP contribution is 2.23. The Morgan fingerprint density at radius 3 is 2.61 bits per heavy atom. The molecule has 0 radical (unpaired) electrons. The van der Waals surface area contributed by atoms with E-state index in [1.807, 2.05) is 56.3 Å². The van der Waals surface area contributed by atoms with Crippen molar-refractivity contribution < 1.29 is 4.79 Å². The summed E-state index contributed by atoms with van der Waals surface area (Å²) in [5.74, 6) is 6.27. The number of carbonyl (C=O) groups excluding carboxylic acids is 1. The molecule has 41 heavy (non-hydrogen) atoms. The molecule has 0 spiro atoms. The Balaban J connectivity index is 1.48. The second-order valence-corrected chi connectivity index (χ2v) is 10.6. The van der Waals surface area contributed by atoms with Crippen molar-refractivity contribution in [3.63, 3.8) is 0 Å². The molecule has 4 heterocycles. The first-order chi connectivity index (χ1) is 19.8. The summed E-state index contributed by atoms with van der Waals surface area (Å²) in [6.45, 7) is 5.61. The molecular weight excluding hydrogens is 536 g/mol. The summed E-state index contributed by atoms with van der Waals surface area (Å²) >= 11 is 1.51. The van der Waals surface area contributed by atoms with Gasteiger partial charge in [-0.05, 0) is 57.0 Å². The van der Waals surface area contributed by atoms with Crippen LogP contribution in [0.1, 0.15) is 50.3 Å². The van der Waals surface area contributed by atoms with Crippen molar-refractivity contribution in [3.05, 3.63) is 110 Å². The van der Waals surface area contributed by atoms with Crippen LogP contribution in [0.2, 0.25) is 0 Å². The Hall–Kier alpha value is -5.34. The highest BCUT2D eigenvalue weighted by atomic mass is 32.1. The zero-order valence-electron chi connectivity index (χ0n) is 22.4. The maximum absolute atomic E-state index is 14.2. The number of nitrogens with zero attached hydrogens (tertiary/aromatic N) is 6. The number of nitrogens with two attached hydrogens (primary N) is 1. The van der Waals surface area contributed by atoms with Crippen molar-refractivity contribution in [1.29, 1.82) is 0 Å². The van der Waals surface area contributed by atoms with Gasteiger partial charge in [-0.25, -0.2) is 19.5 Å². The van der Waals surface area contributed by atoms with Crippen molar-refractivity contribution in [2.45, 2.75) is 26.8 Å². The van der Waals surface area contributed by atoms with Crippen LogP contribution >= 0.6 is 11.3 Å². The molecule has 0 fully saturated rings. The molecule has 4 aromatic heterocycles. The van der Waals surface area contributed by atoms with Crippen molar-refractivity contribution >= 4 is 39.6 Å². The van der Waals surface area contributed by atoms with Crippen LogP contribution in [0.4, 0.5) is 5.82 Å². The molecule has 10 nitrogen and oxygen atoms in total. The molecule has 0 bridgehead atoms. The normalized spacial score (nSPS) is 11.8. The van der Waals surface area contributed by atoms with E-state index in [4.69, 9.17) is 10.7 Å². The van der Waals surface area contributed by atoms with Gasteiger partial charge in [0, 0.05) is 18.0 Å². The monoisotopic (exact) mass is 560 g/mol. The second kappa shape index (κ2) is 10.3. The van der Waals surface area contributed by atoms with Crippen LogP contribution in [-0.2, 0) is 0 Å². The van der Waals surface area contributed by atoms with E-state index in [-0.39, 0.29) is 16.9 Å². The lowest BCUT2D eigenvalue weighted by Crippen LogP contribution is -2.33. The number of aromatic nitrogens is 6. The molecule has 0 saturated carbocycles. The fraction of sp³-hybridized carbons (Fsp3) is 0.133. The molecule has 6 rings (SSSR count). The smallest absolute Gasteiger partial charge is 0.267 e. The molecule has 3 N–H and O–H groups in total. The van der Waals surface area contributed by atoms with Gasteiger partial charge in [0.05, 0.1) is 33.3 Å². The third-order valence-electron chi connectivity index (χ3n) is 6.54. The minimum absolute atomic E-state index is 0.0508. The van der Waals surface area contributed by atoms with Gasteiger partial charge < -0.3 is 11.1 Å². The summed E-state index contributed by atoms with van der Waals surface area (Å²) in [5, 5.41) is 8.43. The highest BCUT2D eigenvalue weighted by Gasteiger charge is 2.24. The third kappa shape index (κ3) is 4.70. The van der Waals surface area contributed by atoms with Crippen molar-refractivity contribution in [2.75, 3.05) is 5.73 Å². The Kier molecular flexibility index (Phi) is 6.53. The van der Waals surface area contributed by atoms with Crippen molar-refractivity contribution in [2.24, 2.45) is 0 Å². The lowest BCUT2D eigenvalue weighted by Gasteiger charge is -2.20. The first-order valence-electron chi connectivity index (χ1n) is 12.8. The van der Waals surface area contributed by atoms with Gasteiger partial charge in [0.25, 0.3) is 11.5 Å². The Morgan fingerprint density at radius 1 is 1.05 bits per heavy atom. The minimum Gasteiger partial charge on any atom is -0.381 e. The fourth-order valence-corrected chi connectivity index (χ4v) is 5.47. The van der Waals surface area contributed by atoms with E-state index in [1.54, 1.807) is 31.5 Å². The molecule has 0 saturated heterocycles. The summed E-state index contributed by atoms with van der Waals surface area (Å²) in [7, 11) is 0. The van der Waals surface area contributed by atoms with Crippen LogP contribution in [0.15, 0.2) is 71.8 Å². The van der Waals surface area contributed by atoms with E-state index in [0.29, 0.717) is 33.6 Å². The molecule has 0 unspecified atom stereocenters. The highest BCUT2D eigenvalue weighted by molar-refractivity contribution is 7.12. The van der Waals surface area contributed by atoms with Gasteiger partial charge in [-0.2, -0.15) is 0 Å². The lowest BCUT2D eigenvalue weighted by molar-refractivity contribution is 0.0940. The maximum atomic E-state index is 14.2. The molecule has 0 aliphatic heterocycles. The molecule has 2 aromatic carbocycles. The number of hydrogen-bond acceptors (Lipinski definition) is 8. The summed E-state index contributed by atoms with van der Waals surface area (Å²) in [6.07, 6.45) is 3.22. The SMILES string of the molecule is Cc1nc(C)c(C#Cc2cccc3nc([C@H](C)NC(=O)c4c(N)nn5cccnc45)n(-c4ccccc4)c(=O)c23)s1. The standard InChI is InChI=1S/C30H24N8O2S/c1-17-23(41-19(3)33-17)14-13-20-9-7-12-22-24(20)30(40)38(21-10-5-4-6-11-21)27(35-22)18(2)34-29(39)25-26(31)36-37-16-8-15-32-28(25)37/h4-12,15-16,18H,1-3H3,(H2,31,36)(H,34,39)/t18-/m0/s1. The van der Waals surface area contributed by atoms with Gasteiger partial charge in [-0.1, -0.05) is 30.2 Å². The number of hydrogen-bond donors (Lipinski definition) is 2. The predicted octanol–water partition coefficient (Wildman–Crippen LogP) is 3.97. The van der Waals surface area contributed by atoms with Gasteiger partial charge in [-0.3, -0.25) is 14.2 Å². The fourth-order valence-electron chi connectivity index (χ4n) is 4.69. The predicted molar refractivity (Wildman–Crippen MR) is 158 cm³/mol. The molecule has 11 heteroatoms. The number of thiazole rings is 1. The number of nitrogens with one attached hydrogen (secondary N) is 1. The number of amides is 1. The lowest BCUT2D eigenvalue weighted by atomic mass is 10.1. The van der Waals surface area contributed by atoms with Gasteiger partial charge >= 0.3 is 0 Å². The quantitative estimate of drug-likeness (QED) is 0.312. The Morgan fingerprint density at radius 2 is 1.85 bits per heavy atom. The van der Waals surface area contributed by atoms with Gasteiger partial charge in [0.15, 0.2) is 11.5 Å². The summed E-state index contributed by atoms with van der Waals surface area (Å²) in [5.41, 5.74) is 8.75.